The summed E-state index contributed by atoms with van der Waals surface area (Å²) in [6.45, 7) is 0.409. The van der Waals surface area contributed by atoms with Crippen LogP contribution >= 0.6 is 0 Å². The van der Waals surface area contributed by atoms with Crippen molar-refractivity contribution in [1.82, 2.24) is 0 Å². The van der Waals surface area contributed by atoms with Gasteiger partial charge in [0, 0.05) is 11.1 Å². The molecule has 2 aromatic rings. The third kappa shape index (κ3) is 8.79. The first-order valence-electron chi connectivity index (χ1n) is 12.1. The summed E-state index contributed by atoms with van der Waals surface area (Å²) in [5, 5.41) is 0. The van der Waals surface area contributed by atoms with Gasteiger partial charge in [-0.3, -0.25) is 0 Å². The topological polar surface area (TPSA) is 114 Å². The summed E-state index contributed by atoms with van der Waals surface area (Å²) < 4.78 is 215. The number of quaternary nitrogens is 2. The third-order valence-electron chi connectivity index (χ3n) is 7.17. The molecule has 0 N–H and O–H groups in total. The fourth-order valence-corrected chi connectivity index (χ4v) is 5.11. The van der Waals surface area contributed by atoms with Crippen molar-refractivity contribution < 1.29 is 92.3 Å². The van der Waals surface area contributed by atoms with E-state index in [1.807, 2.05) is 0 Å². The Labute approximate surface area is 252 Å². The van der Waals surface area contributed by atoms with E-state index in [1.54, 1.807) is 7.05 Å². The maximum Gasteiger partial charge on any atom is 0.485 e. The van der Waals surface area contributed by atoms with Crippen LogP contribution in [0.3, 0.4) is 0 Å². The molecule has 2 atom stereocenters. The Hall–Kier alpha value is -2.73. The van der Waals surface area contributed by atoms with E-state index in [1.165, 1.54) is 36.4 Å². The van der Waals surface area contributed by atoms with Gasteiger partial charge in [-0.05, 0) is 16.6 Å². The molecule has 3 fully saturated rings. The lowest BCUT2D eigenvalue weighted by Gasteiger charge is -2.57. The molecule has 3 heterocycles. The molecular formula is C23H21F13N2O6S2. The largest absolute Gasteiger partial charge is 0.741 e. The van der Waals surface area contributed by atoms with E-state index >= 15 is 4.48 Å². The van der Waals surface area contributed by atoms with Gasteiger partial charge >= 0.3 is 23.4 Å². The van der Waals surface area contributed by atoms with Gasteiger partial charge in [0.25, 0.3) is 0 Å². The molecule has 0 amide bonds. The minimum absolute atomic E-state index is 0.0436. The molecule has 5 rings (SSSR count). The summed E-state index contributed by atoms with van der Waals surface area (Å²) in [5.41, 5.74) is -13.7. The van der Waals surface area contributed by atoms with E-state index in [2.05, 4.69) is 0 Å². The molecule has 23 heteroatoms. The van der Waals surface area contributed by atoms with Gasteiger partial charge in [0.15, 0.2) is 39.4 Å². The fraction of sp³-hybridized carbons (Fsp3) is 0.478. The minimum atomic E-state index is -6.09. The molecule has 0 aliphatic carbocycles. The van der Waals surface area contributed by atoms with Crippen LogP contribution in [-0.2, 0) is 32.6 Å². The molecule has 3 saturated heterocycles. The number of likely N-dealkylation sites (N-methyl/N-ethyl adjacent to an activating group) is 1. The molecule has 3 aliphatic heterocycles. The lowest BCUT2D eigenvalue weighted by atomic mass is 9.80. The summed E-state index contributed by atoms with van der Waals surface area (Å²) >= 11 is 0. The van der Waals surface area contributed by atoms with Crippen molar-refractivity contribution in [2.45, 2.75) is 35.5 Å². The average molecular weight is 733 g/mol. The van der Waals surface area contributed by atoms with Gasteiger partial charge in [0.2, 0.25) is 6.04 Å². The smallest absolute Gasteiger partial charge is 0.485 e. The van der Waals surface area contributed by atoms with E-state index < -0.39 is 71.5 Å². The lowest BCUT2D eigenvalue weighted by Crippen LogP contribution is -2.72. The third-order valence-corrected chi connectivity index (χ3v) is 8.30. The zero-order chi connectivity index (χ0) is 35.9. The van der Waals surface area contributed by atoms with Gasteiger partial charge in [-0.1, -0.05) is 36.4 Å². The first-order valence-corrected chi connectivity index (χ1v) is 15.0. The number of hydrogen-bond donors (Lipinski definition) is 0. The van der Waals surface area contributed by atoms with Crippen molar-refractivity contribution >= 4 is 20.2 Å². The van der Waals surface area contributed by atoms with E-state index in [0.717, 1.165) is 12.1 Å². The molecule has 0 saturated carbocycles. The monoisotopic (exact) mass is 732 g/mol. The van der Waals surface area contributed by atoms with Crippen molar-refractivity contribution in [2.75, 3.05) is 33.2 Å². The van der Waals surface area contributed by atoms with Crippen LogP contribution in [0, 0.1) is 0 Å². The molecular weight excluding hydrogens is 711 g/mol. The van der Waals surface area contributed by atoms with Gasteiger partial charge in [-0.15, -0.1) is 4.71 Å². The van der Waals surface area contributed by atoms with Crippen LogP contribution in [0.15, 0.2) is 48.5 Å². The molecule has 0 radical (unpaired) electrons. The summed E-state index contributed by atoms with van der Waals surface area (Å²) in [6.07, 6.45) is -9.44. The fourth-order valence-electron chi connectivity index (χ4n) is 5.11. The van der Waals surface area contributed by atoms with Crippen LogP contribution in [0.1, 0.15) is 34.3 Å². The Morgan fingerprint density at radius 2 is 0.870 bits per heavy atom. The van der Waals surface area contributed by atoms with Crippen molar-refractivity contribution in [3.63, 3.8) is 0 Å². The second-order valence-electron chi connectivity index (χ2n) is 10.2. The van der Waals surface area contributed by atoms with Crippen LogP contribution in [-0.4, -0.2) is 79.4 Å². The van der Waals surface area contributed by atoms with E-state index in [4.69, 9.17) is 25.9 Å². The van der Waals surface area contributed by atoms with Crippen molar-refractivity contribution in [3.8, 4) is 0 Å². The normalized spacial score (nSPS) is 25.6. The number of halogens is 13. The molecule has 0 unspecified atom stereocenters. The van der Waals surface area contributed by atoms with Crippen LogP contribution in [0.4, 0.5) is 57.2 Å². The highest BCUT2D eigenvalue weighted by atomic mass is 32.2. The summed E-state index contributed by atoms with van der Waals surface area (Å²) in [6, 6.07) is 7.01. The SMILES string of the molecule is C[N+]12CC[N+](F)(CC1)[C@H](c1ccccc1C(F)(F)F)[C@H]2c1ccccc1C(F)(F)F.O=S(=O)([O-])C(F)(F)F.O=S(=O)([O-])C(F)(F)F. The van der Waals surface area contributed by atoms with Crippen molar-refractivity contribution in [2.24, 2.45) is 0 Å². The predicted molar refractivity (Wildman–Crippen MR) is 127 cm³/mol. The van der Waals surface area contributed by atoms with Crippen LogP contribution in [0.25, 0.3) is 0 Å². The lowest BCUT2D eigenvalue weighted by molar-refractivity contribution is -1.18. The first kappa shape index (κ1) is 39.4. The molecule has 46 heavy (non-hydrogen) atoms. The summed E-state index contributed by atoms with van der Waals surface area (Å²) in [7, 11) is -10.5. The second-order valence-corrected chi connectivity index (χ2v) is 12.9. The van der Waals surface area contributed by atoms with E-state index in [0.29, 0.717) is 0 Å². The number of nitrogens with zero attached hydrogens (tertiary/aromatic N) is 2. The van der Waals surface area contributed by atoms with Crippen molar-refractivity contribution in [1.29, 1.82) is 0 Å². The summed E-state index contributed by atoms with van der Waals surface area (Å²) in [5.74, 6) is 0. The maximum atomic E-state index is 16.1. The zero-order valence-electron chi connectivity index (χ0n) is 22.7. The standard InChI is InChI=1S/C21H21F7N2.2CHF3O3S/c1-29-10-12-30(28,13-11-29)19(15-7-3-5-9-17(15)21(25,26)27)18(29)14-6-2-4-8-16(14)20(22,23)24;2*2-1(3,4)8(5,6)7/h2-9,18-19H,10-13H2,1H3;2*(H,5,6,7)/q+2;;/p-2/t18-,19-,29?,30?;;/m1../s1. The van der Waals surface area contributed by atoms with Gasteiger partial charge in [-0.25, -0.2) is 16.8 Å². The highest BCUT2D eigenvalue weighted by Crippen LogP contribution is 2.56. The molecule has 2 aromatic carbocycles. The van der Waals surface area contributed by atoms with E-state index in [9.17, 15) is 52.7 Å². The van der Waals surface area contributed by atoms with Crippen LogP contribution < -0.4 is 0 Å². The molecule has 262 valence electrons. The Balaban J connectivity index is 0.000000381. The summed E-state index contributed by atoms with van der Waals surface area (Å²) in [4.78, 5) is 0. The highest BCUT2D eigenvalue weighted by Gasteiger charge is 2.65. The van der Waals surface area contributed by atoms with Gasteiger partial charge in [-0.2, -0.15) is 52.7 Å². The number of fused-ring (bicyclic) bond motifs is 3. The second kappa shape index (κ2) is 12.7. The number of benzene rings is 2. The first-order chi connectivity index (χ1) is 20.4. The van der Waals surface area contributed by atoms with Crippen LogP contribution in [0.5, 0.6) is 0 Å². The van der Waals surface area contributed by atoms with E-state index in [-0.39, 0.29) is 41.8 Å². The van der Waals surface area contributed by atoms with Gasteiger partial charge in [0.05, 0.1) is 18.2 Å². The molecule has 0 spiro atoms. The number of piperazine rings is 3. The molecule has 0 aromatic heterocycles. The number of alkyl halides is 12. The Bertz CT molecular complexity index is 1480. The Morgan fingerprint density at radius 1 is 0.587 bits per heavy atom. The van der Waals surface area contributed by atoms with Crippen molar-refractivity contribution in [3.05, 3.63) is 70.8 Å². The number of rotatable bonds is 2. The highest BCUT2D eigenvalue weighted by molar-refractivity contribution is 7.86. The molecule has 3 aliphatic rings. The zero-order valence-corrected chi connectivity index (χ0v) is 24.3. The predicted octanol–water partition coefficient (Wildman–Crippen LogP) is 5.78. The van der Waals surface area contributed by atoms with Gasteiger partial charge in [0.1, 0.15) is 13.1 Å². The van der Waals surface area contributed by atoms with Gasteiger partial charge < -0.3 is 13.6 Å². The molecule has 8 nitrogen and oxygen atoms in total. The maximum absolute atomic E-state index is 16.1. The average Bonchev–Trinajstić information content (AvgIpc) is 2.86. The Morgan fingerprint density at radius 3 is 1.15 bits per heavy atom. The van der Waals surface area contributed by atoms with Crippen LogP contribution in [0.2, 0.25) is 0 Å². The quantitative estimate of drug-likeness (QED) is 0.127. The number of hydrogen-bond acceptors (Lipinski definition) is 6. The molecule has 2 bridgehead atoms. The minimum Gasteiger partial charge on any atom is -0.741 e. The Kier molecular flexibility index (Phi) is 10.9.